The number of non-ortho nitro benzene ring substituents is 1. The second-order valence-corrected chi connectivity index (χ2v) is 7.18. The summed E-state index contributed by atoms with van der Waals surface area (Å²) in [7, 11) is 0. The molecular weight excluding hydrogens is 432 g/mol. The Labute approximate surface area is 185 Å². The highest BCUT2D eigenvalue weighted by molar-refractivity contribution is 8.15. The molecule has 2 heterocycles. The predicted octanol–water partition coefficient (Wildman–Crippen LogP) is 4.44. The van der Waals surface area contributed by atoms with Crippen LogP contribution in [0.25, 0.3) is 11.5 Å². The zero-order chi connectivity index (χ0) is 22.3. The van der Waals surface area contributed by atoms with Gasteiger partial charge in [-0.2, -0.15) is 5.10 Å². The van der Waals surface area contributed by atoms with E-state index in [1.54, 1.807) is 36.7 Å². The van der Waals surface area contributed by atoms with Crippen LogP contribution in [0.2, 0.25) is 0 Å². The first-order chi connectivity index (χ1) is 15.6. The Hall–Kier alpha value is -4.38. The fourth-order valence-corrected chi connectivity index (χ4v) is 3.22. The molecule has 32 heavy (non-hydrogen) atoms. The smallest absolute Gasteiger partial charge is 0.283 e. The summed E-state index contributed by atoms with van der Waals surface area (Å²) in [5.41, 5.74) is 4.23. The number of nitro groups is 1. The molecule has 10 nitrogen and oxygen atoms in total. The van der Waals surface area contributed by atoms with Gasteiger partial charge >= 0.3 is 0 Å². The van der Waals surface area contributed by atoms with Crippen molar-refractivity contribution in [1.82, 2.24) is 15.2 Å². The number of hydrogen-bond acceptors (Lipinski definition) is 10. The van der Waals surface area contributed by atoms with Crippen molar-refractivity contribution in [3.63, 3.8) is 0 Å². The van der Waals surface area contributed by atoms with Crippen LogP contribution in [0.1, 0.15) is 10.4 Å². The van der Waals surface area contributed by atoms with Gasteiger partial charge in [0, 0.05) is 30.1 Å². The molecule has 0 fully saturated rings. The number of hydrogen-bond donors (Lipinski definition) is 1. The monoisotopic (exact) mass is 446 g/mol. The minimum Gasteiger partial charge on any atom is -0.411 e. The minimum absolute atomic E-state index is 0.0177. The summed E-state index contributed by atoms with van der Waals surface area (Å²) >= 11 is 0.880. The molecule has 0 unspecified atom stereocenters. The van der Waals surface area contributed by atoms with Gasteiger partial charge in [0.1, 0.15) is 0 Å². The Morgan fingerprint density at radius 3 is 2.50 bits per heavy atom. The highest BCUT2D eigenvalue weighted by Gasteiger charge is 2.21. The Balaban J connectivity index is 1.61. The number of thioether (sulfide) groups is 1. The predicted molar refractivity (Wildman–Crippen MR) is 118 cm³/mol. The number of carbonyl (C=O) groups excluding carboxylic acids is 1. The lowest BCUT2D eigenvalue weighted by atomic mass is 10.1. The number of anilines is 1. The molecule has 158 valence electrons. The third-order valence-electron chi connectivity index (χ3n) is 4.09. The Kier molecular flexibility index (Phi) is 6.28. The lowest BCUT2D eigenvalue weighted by Gasteiger charge is -2.05. The molecule has 11 heteroatoms. The summed E-state index contributed by atoms with van der Waals surface area (Å²) in [5.74, 6) is -0.215. The highest BCUT2D eigenvalue weighted by atomic mass is 32.2. The lowest BCUT2D eigenvalue weighted by Crippen LogP contribution is -2.13. The molecule has 0 saturated carbocycles. The summed E-state index contributed by atoms with van der Waals surface area (Å²) in [6.07, 6.45) is 3.20. The average Bonchev–Trinajstić information content (AvgIpc) is 3.31. The number of nitro benzene ring substituents is 1. The van der Waals surface area contributed by atoms with E-state index >= 15 is 0 Å². The van der Waals surface area contributed by atoms with Crippen LogP contribution in [0, 0.1) is 10.1 Å². The summed E-state index contributed by atoms with van der Waals surface area (Å²) in [4.78, 5) is 27.4. The topological polar surface area (TPSA) is 136 Å². The number of hydrazone groups is 1. The quantitative estimate of drug-likeness (QED) is 0.109. The normalized spacial score (nSPS) is 11.2. The largest absolute Gasteiger partial charge is 0.411 e. The summed E-state index contributed by atoms with van der Waals surface area (Å²) in [5, 5.41) is 23.2. The maximum absolute atomic E-state index is 13.1. The van der Waals surface area contributed by atoms with Crippen molar-refractivity contribution in [2.24, 2.45) is 5.10 Å². The average molecular weight is 446 g/mol. The van der Waals surface area contributed by atoms with Crippen molar-refractivity contribution in [2.45, 2.75) is 5.22 Å². The van der Waals surface area contributed by atoms with Crippen LogP contribution in [0.5, 0.6) is 0 Å². The Bertz CT molecular complexity index is 1260. The zero-order valence-corrected chi connectivity index (χ0v) is 17.1. The number of carbonyl (C=O) groups is 1. The molecule has 0 aliphatic heterocycles. The van der Waals surface area contributed by atoms with Crippen LogP contribution in [0.4, 0.5) is 11.4 Å². The molecule has 0 aliphatic carbocycles. The first kappa shape index (κ1) is 20.9. The van der Waals surface area contributed by atoms with Gasteiger partial charge in [-0.05, 0) is 48.2 Å². The first-order valence-electron chi connectivity index (χ1n) is 9.20. The molecule has 2 aromatic carbocycles. The number of nitrogens with one attached hydrogen (secondary N) is 1. The van der Waals surface area contributed by atoms with Crippen molar-refractivity contribution < 1.29 is 14.1 Å². The molecule has 0 spiro atoms. The number of para-hydroxylation sites is 1. The van der Waals surface area contributed by atoms with Gasteiger partial charge in [-0.3, -0.25) is 25.3 Å². The maximum atomic E-state index is 13.1. The number of nitrogens with zero attached hydrogens (tertiary/aromatic N) is 5. The molecule has 2 aromatic heterocycles. The van der Waals surface area contributed by atoms with Gasteiger partial charge in [0.05, 0.1) is 16.2 Å². The van der Waals surface area contributed by atoms with Crippen LogP contribution in [0.3, 0.4) is 0 Å². The number of rotatable bonds is 7. The van der Waals surface area contributed by atoms with Crippen LogP contribution in [-0.4, -0.2) is 30.9 Å². The van der Waals surface area contributed by atoms with Gasteiger partial charge in [-0.25, -0.2) is 0 Å². The Morgan fingerprint density at radius 2 is 1.81 bits per heavy atom. The van der Waals surface area contributed by atoms with Gasteiger partial charge in [-0.1, -0.05) is 18.2 Å². The molecule has 4 aromatic rings. The van der Waals surface area contributed by atoms with Crippen molar-refractivity contribution in [3.05, 3.63) is 94.8 Å². The number of aromatic nitrogens is 3. The van der Waals surface area contributed by atoms with E-state index in [-0.39, 0.29) is 27.4 Å². The molecule has 0 atom stereocenters. The van der Waals surface area contributed by atoms with Crippen molar-refractivity contribution >= 4 is 34.0 Å². The third kappa shape index (κ3) is 5.02. The second kappa shape index (κ2) is 9.62. The standard InChI is InChI=1S/C21H14N6O4S/c28-18(14-8-10-17(11-9-14)27(29)30)20(25-23-16-6-2-1-3-7-16)32-21-26-24-19(31-21)15-5-4-12-22-13-15/h1-13,23H/b25-20-. The summed E-state index contributed by atoms with van der Waals surface area (Å²) in [6, 6.07) is 17.8. The van der Waals surface area contributed by atoms with E-state index in [1.807, 2.05) is 18.2 Å². The van der Waals surface area contributed by atoms with Crippen molar-refractivity contribution in [1.29, 1.82) is 0 Å². The van der Waals surface area contributed by atoms with E-state index in [1.165, 1.54) is 24.3 Å². The molecule has 0 saturated heterocycles. The maximum Gasteiger partial charge on any atom is 0.283 e. The minimum atomic E-state index is -0.534. The molecular formula is C21H14N6O4S. The number of pyridine rings is 1. The van der Waals surface area contributed by atoms with E-state index < -0.39 is 10.7 Å². The van der Waals surface area contributed by atoms with Crippen molar-refractivity contribution in [3.8, 4) is 11.5 Å². The van der Waals surface area contributed by atoms with E-state index in [2.05, 4.69) is 25.7 Å². The van der Waals surface area contributed by atoms with E-state index in [9.17, 15) is 14.9 Å². The fourth-order valence-electron chi connectivity index (χ4n) is 2.55. The van der Waals surface area contributed by atoms with Crippen LogP contribution in [-0.2, 0) is 0 Å². The fraction of sp³-hybridized carbons (Fsp3) is 0. The van der Waals surface area contributed by atoms with E-state index in [0.29, 0.717) is 11.3 Å². The van der Waals surface area contributed by atoms with Gasteiger partial charge < -0.3 is 4.42 Å². The van der Waals surface area contributed by atoms with Crippen LogP contribution >= 0.6 is 11.8 Å². The van der Waals surface area contributed by atoms with Gasteiger partial charge in [0.15, 0.2) is 5.04 Å². The van der Waals surface area contributed by atoms with Crippen molar-refractivity contribution in [2.75, 3.05) is 5.43 Å². The number of ketones is 1. The number of Topliss-reactive ketones (excluding diaryl/α,β-unsaturated/α-hetero) is 1. The van der Waals surface area contributed by atoms with E-state index in [4.69, 9.17) is 4.42 Å². The first-order valence-corrected chi connectivity index (χ1v) is 10.0. The van der Waals surface area contributed by atoms with Gasteiger partial charge in [0.25, 0.3) is 10.9 Å². The highest BCUT2D eigenvalue weighted by Crippen LogP contribution is 2.25. The molecule has 0 aliphatic rings. The summed E-state index contributed by atoms with van der Waals surface area (Å²) in [6.45, 7) is 0. The van der Waals surface area contributed by atoms with Gasteiger partial charge in [0.2, 0.25) is 11.7 Å². The summed E-state index contributed by atoms with van der Waals surface area (Å²) < 4.78 is 5.64. The SMILES string of the molecule is O=C(/C(=N/Nc1ccccc1)Sc1nnc(-c2cccnc2)o1)c1ccc([N+](=O)[O-])cc1. The lowest BCUT2D eigenvalue weighted by molar-refractivity contribution is -0.384. The second-order valence-electron chi connectivity index (χ2n) is 6.24. The molecule has 0 bridgehead atoms. The molecule has 4 rings (SSSR count). The molecule has 0 radical (unpaired) electrons. The Morgan fingerprint density at radius 1 is 1.03 bits per heavy atom. The van der Waals surface area contributed by atoms with Crippen LogP contribution < -0.4 is 5.43 Å². The van der Waals surface area contributed by atoms with Crippen LogP contribution in [0.15, 0.2) is 93.9 Å². The van der Waals surface area contributed by atoms with Gasteiger partial charge in [-0.15, -0.1) is 10.2 Å². The zero-order valence-electron chi connectivity index (χ0n) is 16.3. The molecule has 1 N–H and O–H groups in total. The van der Waals surface area contributed by atoms with E-state index in [0.717, 1.165) is 11.8 Å². The number of benzene rings is 2. The third-order valence-corrected chi connectivity index (χ3v) is 4.90. The molecule has 0 amide bonds.